The minimum Gasteiger partial charge on any atom is -0.465 e. The molecule has 1 amide bonds. The normalized spacial score (nSPS) is 16.5. The van der Waals surface area contributed by atoms with Gasteiger partial charge in [0.1, 0.15) is 17.4 Å². The van der Waals surface area contributed by atoms with Crippen LogP contribution in [-0.2, 0) is 27.0 Å². The molecule has 0 fully saturated rings. The minimum atomic E-state index is -4.67. The van der Waals surface area contributed by atoms with Gasteiger partial charge in [0.15, 0.2) is 11.6 Å². The molecule has 1 aliphatic rings. The Kier molecular flexibility index (Phi) is 9.73. The van der Waals surface area contributed by atoms with Gasteiger partial charge in [-0.3, -0.25) is 19.3 Å². The van der Waals surface area contributed by atoms with E-state index in [9.17, 15) is 32.7 Å². The maximum absolute atomic E-state index is 13.7. The van der Waals surface area contributed by atoms with Crippen molar-refractivity contribution in [1.29, 1.82) is 0 Å². The number of aliphatic hydroxyl groups excluding tert-OH is 1. The Morgan fingerprint density at radius 3 is 2.55 bits per heavy atom. The minimum absolute atomic E-state index is 0.00204. The number of aliphatic hydroxyl groups is 1. The lowest BCUT2D eigenvalue weighted by molar-refractivity contribution is -0.144. The summed E-state index contributed by atoms with van der Waals surface area (Å²) >= 11 is 6.06. The topological polar surface area (TPSA) is 102 Å². The highest BCUT2D eigenvalue weighted by Crippen LogP contribution is 2.37. The molecular weight excluding hydrogens is 575 g/mol. The zero-order valence-corrected chi connectivity index (χ0v) is 23.9. The van der Waals surface area contributed by atoms with E-state index in [-0.39, 0.29) is 67.2 Å². The molecule has 1 aromatic heterocycles. The van der Waals surface area contributed by atoms with Crippen LogP contribution in [0.15, 0.2) is 48.5 Å². The smallest absolute Gasteiger partial charge is 0.416 e. The number of carbonyl (C=O) groups is 3. The van der Waals surface area contributed by atoms with E-state index in [2.05, 4.69) is 4.98 Å². The summed E-state index contributed by atoms with van der Waals surface area (Å²) in [5, 5.41) is 9.76. The number of nitrogens with zero attached hydrogens (tertiary/aromatic N) is 3. The molecule has 42 heavy (non-hydrogen) atoms. The Hall–Kier alpha value is -3.70. The average molecular weight is 606 g/mol. The molecule has 1 N–H and O–H groups in total. The van der Waals surface area contributed by atoms with Gasteiger partial charge in [-0.1, -0.05) is 41.9 Å². The molecule has 4 rings (SSSR count). The van der Waals surface area contributed by atoms with Crippen LogP contribution in [0.1, 0.15) is 71.5 Å². The molecule has 0 bridgehead atoms. The van der Waals surface area contributed by atoms with Crippen LogP contribution in [-0.4, -0.2) is 52.6 Å². The summed E-state index contributed by atoms with van der Waals surface area (Å²) in [5.41, 5.74) is -0.241. The molecule has 2 aromatic carbocycles. The van der Waals surface area contributed by atoms with Gasteiger partial charge in [0.05, 0.1) is 12.2 Å². The zero-order valence-electron chi connectivity index (χ0n) is 23.2. The largest absolute Gasteiger partial charge is 0.465 e. The lowest BCUT2D eigenvalue weighted by Gasteiger charge is -2.26. The number of amides is 1. The second-order valence-electron chi connectivity index (χ2n) is 10.1. The van der Waals surface area contributed by atoms with Crippen LogP contribution >= 0.6 is 11.6 Å². The Balaban J connectivity index is 1.96. The van der Waals surface area contributed by atoms with Crippen molar-refractivity contribution in [3.8, 4) is 0 Å². The van der Waals surface area contributed by atoms with Gasteiger partial charge in [0, 0.05) is 37.6 Å². The van der Waals surface area contributed by atoms with E-state index >= 15 is 0 Å². The molecule has 0 spiro atoms. The van der Waals surface area contributed by atoms with Crippen molar-refractivity contribution in [2.75, 3.05) is 25.2 Å². The van der Waals surface area contributed by atoms with Gasteiger partial charge in [0.25, 0.3) is 0 Å². The number of halogens is 4. The number of fused-ring (bicyclic) bond motifs is 1. The summed E-state index contributed by atoms with van der Waals surface area (Å²) in [6.45, 7) is 1.44. The van der Waals surface area contributed by atoms with Gasteiger partial charge in [-0.2, -0.15) is 13.2 Å². The number of ether oxygens (including phenoxy) is 1. The number of alkyl halides is 3. The van der Waals surface area contributed by atoms with Crippen LogP contribution in [0.2, 0.25) is 5.02 Å². The fourth-order valence-corrected chi connectivity index (χ4v) is 5.29. The molecule has 3 aromatic rings. The molecule has 0 radical (unpaired) electrons. The number of esters is 1. The van der Waals surface area contributed by atoms with Gasteiger partial charge in [0.2, 0.25) is 5.91 Å². The van der Waals surface area contributed by atoms with E-state index in [1.165, 1.54) is 28.6 Å². The van der Waals surface area contributed by atoms with Crippen molar-refractivity contribution in [3.05, 3.63) is 81.8 Å². The fraction of sp³-hybridized carbons (Fsp3) is 0.400. The van der Waals surface area contributed by atoms with Gasteiger partial charge < -0.3 is 14.4 Å². The number of carbonyl (C=O) groups excluding carboxylic acids is 3. The number of ketones is 1. The number of anilines is 1. The quantitative estimate of drug-likeness (QED) is 0.318. The van der Waals surface area contributed by atoms with Crippen molar-refractivity contribution in [1.82, 2.24) is 9.55 Å². The van der Waals surface area contributed by atoms with E-state index in [0.29, 0.717) is 23.4 Å². The number of imidazole rings is 1. The van der Waals surface area contributed by atoms with Crippen molar-refractivity contribution < 1.29 is 37.4 Å². The number of rotatable bonds is 9. The van der Waals surface area contributed by atoms with Gasteiger partial charge in [-0.15, -0.1) is 0 Å². The van der Waals surface area contributed by atoms with E-state index in [1.54, 1.807) is 31.2 Å². The summed E-state index contributed by atoms with van der Waals surface area (Å²) in [6, 6.07) is 11.1. The van der Waals surface area contributed by atoms with E-state index in [4.69, 9.17) is 16.3 Å². The molecular formula is C30H31ClF3N3O5. The van der Waals surface area contributed by atoms with Crippen LogP contribution in [0.5, 0.6) is 0 Å². The summed E-state index contributed by atoms with van der Waals surface area (Å²) in [4.78, 5) is 46.5. The molecule has 0 saturated carbocycles. The molecule has 0 saturated heterocycles. The number of benzene rings is 2. The van der Waals surface area contributed by atoms with Crippen LogP contribution in [0.3, 0.4) is 0 Å². The molecule has 2 atom stereocenters. The standard InChI is InChI=1S/C30H31ClF3N3O5/c1-3-42-29(41)24(20-6-4-8-21(16-20)30(32,33)34)26-35-27-25(37(26)17-18-9-12-22(31)13-10-18)23(39)14-11-19(7-5-15-38)28(40)36(27)2/h4,6,8-10,12-13,16,19,24,38H,3,5,7,11,14-15,17H2,1-2H3/t19-,24?/m0/s1. The van der Waals surface area contributed by atoms with Crippen molar-refractivity contribution in [2.24, 2.45) is 5.92 Å². The second kappa shape index (κ2) is 13.1. The van der Waals surface area contributed by atoms with E-state index in [0.717, 1.165) is 12.1 Å². The van der Waals surface area contributed by atoms with Gasteiger partial charge >= 0.3 is 12.1 Å². The monoisotopic (exact) mass is 605 g/mol. The first-order chi connectivity index (χ1) is 20.0. The lowest BCUT2D eigenvalue weighted by atomic mass is 9.92. The molecule has 1 unspecified atom stereocenters. The first kappa shape index (κ1) is 31.2. The molecule has 0 aliphatic carbocycles. The summed E-state index contributed by atoms with van der Waals surface area (Å²) in [7, 11) is 1.47. The number of hydrogen-bond donors (Lipinski definition) is 1. The Bertz CT molecular complexity index is 1460. The fourth-order valence-electron chi connectivity index (χ4n) is 5.16. The first-order valence-electron chi connectivity index (χ1n) is 13.6. The maximum atomic E-state index is 13.7. The summed E-state index contributed by atoms with van der Waals surface area (Å²) in [6.07, 6.45) is -3.67. The average Bonchev–Trinajstić information content (AvgIpc) is 3.31. The zero-order chi connectivity index (χ0) is 30.6. The van der Waals surface area contributed by atoms with Gasteiger partial charge in [-0.05, 0) is 55.5 Å². The molecule has 8 nitrogen and oxygen atoms in total. The maximum Gasteiger partial charge on any atom is 0.416 e. The summed E-state index contributed by atoms with van der Waals surface area (Å²) < 4.78 is 47.8. The second-order valence-corrected chi connectivity index (χ2v) is 10.5. The number of Topliss-reactive ketones (excluding diaryl/α,β-unsaturated/α-hetero) is 1. The van der Waals surface area contributed by atoms with Crippen molar-refractivity contribution >= 4 is 35.1 Å². The SMILES string of the molecule is CCOC(=O)C(c1cccc(C(F)(F)F)c1)c1nc2c(n1Cc1ccc(Cl)cc1)C(=O)CC[C@H](CCCO)C(=O)N2C. The van der Waals surface area contributed by atoms with Crippen LogP contribution in [0, 0.1) is 5.92 Å². The van der Waals surface area contributed by atoms with Crippen LogP contribution in [0.4, 0.5) is 19.0 Å². The predicted molar refractivity (Wildman–Crippen MR) is 149 cm³/mol. The molecule has 1 aliphatic heterocycles. The molecule has 224 valence electrons. The Morgan fingerprint density at radius 2 is 1.90 bits per heavy atom. The first-order valence-corrected chi connectivity index (χ1v) is 13.9. The number of hydrogen-bond acceptors (Lipinski definition) is 6. The highest BCUT2D eigenvalue weighted by Gasteiger charge is 2.39. The highest BCUT2D eigenvalue weighted by atomic mass is 35.5. The number of aromatic nitrogens is 2. The molecule has 12 heteroatoms. The van der Waals surface area contributed by atoms with E-state index in [1.807, 2.05) is 0 Å². The Morgan fingerprint density at radius 1 is 1.19 bits per heavy atom. The van der Waals surface area contributed by atoms with Crippen molar-refractivity contribution in [3.63, 3.8) is 0 Å². The third-order valence-electron chi connectivity index (χ3n) is 7.25. The Labute approximate surface area is 246 Å². The van der Waals surface area contributed by atoms with Gasteiger partial charge in [-0.25, -0.2) is 4.98 Å². The van der Waals surface area contributed by atoms with Crippen LogP contribution in [0.25, 0.3) is 0 Å². The third-order valence-corrected chi connectivity index (χ3v) is 7.50. The van der Waals surface area contributed by atoms with E-state index < -0.39 is 29.5 Å². The van der Waals surface area contributed by atoms with Crippen LogP contribution < -0.4 is 4.90 Å². The molecule has 2 heterocycles. The summed E-state index contributed by atoms with van der Waals surface area (Å²) in [5.74, 6) is -3.50. The highest BCUT2D eigenvalue weighted by molar-refractivity contribution is 6.30. The predicted octanol–water partition coefficient (Wildman–Crippen LogP) is 5.63. The lowest BCUT2D eigenvalue weighted by Crippen LogP contribution is -2.36. The third kappa shape index (κ3) is 6.68. The van der Waals surface area contributed by atoms with Crippen molar-refractivity contribution in [2.45, 2.75) is 51.2 Å².